The molecule has 6 heteroatoms. The van der Waals surface area contributed by atoms with Gasteiger partial charge in [0, 0.05) is 12.8 Å². The Morgan fingerprint density at radius 3 is 1.33 bits per heavy atom. The molecule has 0 spiro atoms. The van der Waals surface area contributed by atoms with E-state index in [2.05, 4.69) is 43.5 Å². The average Bonchev–Trinajstić information content (AvgIpc) is 3.25. The zero-order valence-corrected chi connectivity index (χ0v) is 39.9. The maximum Gasteiger partial charge on any atom is 0.305 e. The van der Waals surface area contributed by atoms with Crippen LogP contribution in [0.1, 0.15) is 271 Å². The van der Waals surface area contributed by atoms with Gasteiger partial charge in [-0.1, -0.05) is 237 Å². The summed E-state index contributed by atoms with van der Waals surface area (Å²) in [4.78, 5) is 24.4. The van der Waals surface area contributed by atoms with Crippen molar-refractivity contribution in [2.24, 2.45) is 0 Å². The Morgan fingerprint density at radius 2 is 0.867 bits per heavy atom. The van der Waals surface area contributed by atoms with Crippen molar-refractivity contribution in [3.8, 4) is 0 Å². The van der Waals surface area contributed by atoms with Crippen molar-refractivity contribution in [1.82, 2.24) is 5.32 Å². The van der Waals surface area contributed by atoms with Gasteiger partial charge in [-0.2, -0.15) is 0 Å². The maximum atomic E-state index is 12.4. The highest BCUT2D eigenvalue weighted by molar-refractivity contribution is 5.76. The number of carbonyl (C=O) groups is 2. The molecular weight excluding hydrogens is 743 g/mol. The van der Waals surface area contributed by atoms with E-state index in [-0.39, 0.29) is 18.5 Å². The number of allylic oxidation sites excluding steroid dienone is 5. The molecule has 2 atom stereocenters. The predicted octanol–water partition coefficient (Wildman–Crippen LogP) is 15.7. The first-order valence-electron chi connectivity index (χ1n) is 26.3. The van der Waals surface area contributed by atoms with Crippen molar-refractivity contribution in [1.29, 1.82) is 0 Å². The van der Waals surface area contributed by atoms with E-state index in [0.29, 0.717) is 19.4 Å². The van der Waals surface area contributed by atoms with Gasteiger partial charge >= 0.3 is 5.97 Å². The summed E-state index contributed by atoms with van der Waals surface area (Å²) in [5, 5.41) is 23.0. The van der Waals surface area contributed by atoms with Gasteiger partial charge in [-0.05, 0) is 57.8 Å². The van der Waals surface area contributed by atoms with Crippen LogP contribution in [0.3, 0.4) is 0 Å². The summed E-state index contributed by atoms with van der Waals surface area (Å²) in [6.45, 7) is 4.81. The van der Waals surface area contributed by atoms with Crippen molar-refractivity contribution >= 4 is 11.9 Å². The molecule has 0 aliphatic heterocycles. The number of unbranched alkanes of at least 4 members (excludes halogenated alkanes) is 33. The van der Waals surface area contributed by atoms with Gasteiger partial charge in [-0.15, -0.1) is 0 Å². The average molecular weight is 844 g/mol. The third kappa shape index (κ3) is 45.6. The number of carbonyl (C=O) groups excluding carboxylic acids is 2. The molecule has 1 amide bonds. The van der Waals surface area contributed by atoms with E-state index in [9.17, 15) is 19.8 Å². The van der Waals surface area contributed by atoms with E-state index in [1.54, 1.807) is 6.08 Å². The monoisotopic (exact) mass is 844 g/mol. The zero-order valence-electron chi connectivity index (χ0n) is 39.9. The van der Waals surface area contributed by atoms with Crippen molar-refractivity contribution in [2.45, 2.75) is 283 Å². The van der Waals surface area contributed by atoms with Gasteiger partial charge in [0.05, 0.1) is 25.4 Å². The molecule has 0 aromatic heterocycles. The Labute approximate surface area is 373 Å². The van der Waals surface area contributed by atoms with Crippen LogP contribution in [0.4, 0.5) is 0 Å². The van der Waals surface area contributed by atoms with Crippen LogP contribution in [0.25, 0.3) is 0 Å². The molecule has 0 aromatic rings. The van der Waals surface area contributed by atoms with Crippen molar-refractivity contribution < 1.29 is 24.5 Å². The van der Waals surface area contributed by atoms with E-state index in [1.165, 1.54) is 193 Å². The lowest BCUT2D eigenvalue weighted by molar-refractivity contribution is -0.143. The molecule has 60 heavy (non-hydrogen) atoms. The summed E-state index contributed by atoms with van der Waals surface area (Å²) in [5.74, 6) is -0.0832. The Morgan fingerprint density at radius 1 is 0.467 bits per heavy atom. The lowest BCUT2D eigenvalue weighted by Crippen LogP contribution is -2.45. The first-order chi connectivity index (χ1) is 29.5. The molecule has 352 valence electrons. The molecule has 0 aromatic carbocycles. The Bertz CT molecular complexity index is 977. The molecule has 6 nitrogen and oxygen atoms in total. The van der Waals surface area contributed by atoms with Gasteiger partial charge < -0.3 is 20.3 Å². The molecule has 2 unspecified atom stereocenters. The molecule has 0 radical (unpaired) electrons. The first kappa shape index (κ1) is 58.1. The lowest BCUT2D eigenvalue weighted by atomic mass is 10.0. The number of rotatable bonds is 48. The highest BCUT2D eigenvalue weighted by Crippen LogP contribution is 2.16. The Balaban J connectivity index is 3.44. The number of nitrogens with one attached hydrogen (secondary N) is 1. The van der Waals surface area contributed by atoms with E-state index in [1.807, 2.05) is 6.08 Å². The highest BCUT2D eigenvalue weighted by atomic mass is 16.5. The van der Waals surface area contributed by atoms with Crippen LogP contribution in [0.15, 0.2) is 36.5 Å². The molecule has 0 fully saturated rings. The fourth-order valence-electron chi connectivity index (χ4n) is 7.85. The van der Waals surface area contributed by atoms with Crippen LogP contribution >= 0.6 is 0 Å². The van der Waals surface area contributed by atoms with Gasteiger partial charge in [0.2, 0.25) is 5.91 Å². The third-order valence-corrected chi connectivity index (χ3v) is 11.9. The van der Waals surface area contributed by atoms with Crippen LogP contribution in [0.2, 0.25) is 0 Å². The molecule has 3 N–H and O–H groups in total. The first-order valence-corrected chi connectivity index (χ1v) is 26.3. The molecule has 0 bridgehead atoms. The van der Waals surface area contributed by atoms with Crippen molar-refractivity contribution in [3.63, 3.8) is 0 Å². The second kappa shape index (κ2) is 49.7. The van der Waals surface area contributed by atoms with E-state index in [0.717, 1.165) is 51.4 Å². The van der Waals surface area contributed by atoms with Gasteiger partial charge in [0.15, 0.2) is 0 Å². The number of ether oxygens (including phenoxy) is 1. The summed E-state index contributed by atoms with van der Waals surface area (Å²) in [6, 6.07) is -0.630. The van der Waals surface area contributed by atoms with Crippen LogP contribution < -0.4 is 5.32 Å². The molecule has 0 saturated heterocycles. The lowest BCUT2D eigenvalue weighted by Gasteiger charge is -2.20. The van der Waals surface area contributed by atoms with Gasteiger partial charge in [0.1, 0.15) is 0 Å². The van der Waals surface area contributed by atoms with Crippen LogP contribution in [0.5, 0.6) is 0 Å². The van der Waals surface area contributed by atoms with Crippen LogP contribution in [-0.4, -0.2) is 47.4 Å². The standard InChI is InChI=1S/C54H101NO5/c1-3-5-7-9-11-13-15-23-28-32-36-40-44-48-54(59)60-49-45-41-37-33-29-25-22-20-18-17-19-21-24-27-31-35-39-43-47-53(58)55-51(50-56)52(57)46-42-38-34-30-26-16-14-12-10-8-6-4-2/h7,9,13,15,42,46,51-52,56-57H,3-6,8,10-12,14,16-41,43-45,47-50H2,1-2H3,(H,55,58)/b9-7-,15-13-,46-42+. The van der Waals surface area contributed by atoms with E-state index < -0.39 is 12.1 Å². The van der Waals surface area contributed by atoms with E-state index >= 15 is 0 Å². The normalized spacial score (nSPS) is 12.9. The minimum Gasteiger partial charge on any atom is -0.466 e. The summed E-state index contributed by atoms with van der Waals surface area (Å²) in [7, 11) is 0. The zero-order chi connectivity index (χ0) is 43.7. The topological polar surface area (TPSA) is 95.9 Å². The smallest absolute Gasteiger partial charge is 0.305 e. The molecule has 0 aliphatic carbocycles. The van der Waals surface area contributed by atoms with E-state index in [4.69, 9.17) is 4.74 Å². The largest absolute Gasteiger partial charge is 0.466 e. The predicted molar refractivity (Wildman–Crippen MR) is 259 cm³/mol. The van der Waals surface area contributed by atoms with Crippen molar-refractivity contribution in [2.75, 3.05) is 13.2 Å². The Hall–Kier alpha value is -1.92. The molecule has 0 saturated carbocycles. The maximum absolute atomic E-state index is 12.4. The molecule has 0 heterocycles. The summed E-state index contributed by atoms with van der Waals surface area (Å²) < 4.78 is 5.45. The number of hydrogen-bond donors (Lipinski definition) is 3. The Kier molecular flexibility index (Phi) is 48.1. The van der Waals surface area contributed by atoms with Crippen molar-refractivity contribution in [3.05, 3.63) is 36.5 Å². The minimum absolute atomic E-state index is 0.00953. The number of aliphatic hydroxyl groups is 2. The van der Waals surface area contributed by atoms with Gasteiger partial charge in [-0.3, -0.25) is 9.59 Å². The van der Waals surface area contributed by atoms with Crippen LogP contribution in [-0.2, 0) is 14.3 Å². The summed E-state index contributed by atoms with van der Waals surface area (Å²) in [6.07, 6.45) is 60.0. The fourth-order valence-corrected chi connectivity index (χ4v) is 7.85. The second-order valence-corrected chi connectivity index (χ2v) is 17.9. The van der Waals surface area contributed by atoms with Crippen LogP contribution in [0, 0.1) is 0 Å². The summed E-state index contributed by atoms with van der Waals surface area (Å²) >= 11 is 0. The minimum atomic E-state index is -0.846. The molecule has 0 rings (SSSR count). The number of aliphatic hydroxyl groups excluding tert-OH is 2. The SMILES string of the molecule is CCC/C=C\C/C=C\CCCCCCCC(=O)OCCCCCCCCCCCCCCCCCCCCC(=O)NC(CO)C(O)/C=C/CCCCCCCCCCCC. The number of esters is 1. The van der Waals surface area contributed by atoms with Gasteiger partial charge in [-0.25, -0.2) is 0 Å². The van der Waals surface area contributed by atoms with Gasteiger partial charge in [0.25, 0.3) is 0 Å². The highest BCUT2D eigenvalue weighted by Gasteiger charge is 2.18. The second-order valence-electron chi connectivity index (χ2n) is 17.9. The number of amides is 1. The molecular formula is C54H101NO5. The molecule has 0 aliphatic rings. The summed E-state index contributed by atoms with van der Waals surface area (Å²) in [5.41, 5.74) is 0. The third-order valence-electron chi connectivity index (χ3n) is 11.9. The number of hydrogen-bond acceptors (Lipinski definition) is 5. The fraction of sp³-hybridized carbons (Fsp3) is 0.852. The quantitative estimate of drug-likeness (QED) is 0.0322.